The molecule has 6 rings (SSSR count). The van der Waals surface area contributed by atoms with Crippen molar-refractivity contribution in [2.24, 2.45) is 5.10 Å². The number of nitrogens with one attached hydrogen (secondary N) is 1. The number of thiophene rings is 1. The predicted octanol–water partition coefficient (Wildman–Crippen LogP) is 5.89. The van der Waals surface area contributed by atoms with Crippen LogP contribution < -0.4 is 19.5 Å². The molecule has 48 heavy (non-hydrogen) atoms. The third-order valence-electron chi connectivity index (χ3n) is 7.61. The number of hydrogen-bond acceptors (Lipinski definition) is 10. The fourth-order valence-electron chi connectivity index (χ4n) is 5.32. The van der Waals surface area contributed by atoms with E-state index in [9.17, 15) is 14.0 Å². The maximum absolute atomic E-state index is 14.0. The average molecular weight is 687 g/mol. The molecular formula is C34H31FN6O5S2. The van der Waals surface area contributed by atoms with Gasteiger partial charge in [-0.25, -0.2) is 9.40 Å². The van der Waals surface area contributed by atoms with Gasteiger partial charge in [-0.3, -0.25) is 14.2 Å². The summed E-state index contributed by atoms with van der Waals surface area (Å²) in [6.07, 6.45) is 0.489. The number of hydrazone groups is 1. The standard InChI is InChI=1S/C34H31FN6O5S2/c1-44-24-8-4-7-21(17-24)33(43)36-19-30-37-38-34(40(30)23-14-12-22(35)13-15-23)48-20-31(42)41-27(18-26(39-41)29-11-6-16-47-29)25-9-5-10-28(45-2)32(25)46-3/h4-17,27H,18-20H2,1-3H3,(H,36,43)/t27-/m1/s1. The second kappa shape index (κ2) is 14.7. The van der Waals surface area contributed by atoms with Crippen LogP contribution in [0.2, 0.25) is 0 Å². The van der Waals surface area contributed by atoms with Gasteiger partial charge in [-0.2, -0.15) is 5.10 Å². The van der Waals surface area contributed by atoms with E-state index in [0.29, 0.717) is 45.9 Å². The zero-order valence-corrected chi connectivity index (χ0v) is 27.9. The van der Waals surface area contributed by atoms with Crippen LogP contribution in [0, 0.1) is 5.82 Å². The highest BCUT2D eigenvalue weighted by Gasteiger charge is 2.36. The van der Waals surface area contributed by atoms with Crippen molar-refractivity contribution in [3.05, 3.63) is 112 Å². The predicted molar refractivity (Wildman–Crippen MR) is 181 cm³/mol. The van der Waals surface area contributed by atoms with Crippen LogP contribution in [0.25, 0.3) is 5.69 Å². The van der Waals surface area contributed by atoms with Crippen molar-refractivity contribution in [1.29, 1.82) is 0 Å². The Bertz CT molecular complexity index is 1950. The Morgan fingerprint density at radius 1 is 0.979 bits per heavy atom. The first-order valence-electron chi connectivity index (χ1n) is 14.8. The summed E-state index contributed by atoms with van der Waals surface area (Å²) in [6, 6.07) is 21.7. The molecule has 0 spiro atoms. The first kappa shape index (κ1) is 32.7. The fourth-order valence-corrected chi connectivity index (χ4v) is 6.87. The maximum Gasteiger partial charge on any atom is 0.253 e. The van der Waals surface area contributed by atoms with Gasteiger partial charge in [-0.05, 0) is 60.0 Å². The van der Waals surface area contributed by atoms with Crippen LogP contribution >= 0.6 is 23.1 Å². The molecule has 5 aromatic rings. The number of rotatable bonds is 12. The van der Waals surface area contributed by atoms with Crippen molar-refractivity contribution in [1.82, 2.24) is 25.1 Å². The summed E-state index contributed by atoms with van der Waals surface area (Å²) in [4.78, 5) is 27.9. The molecule has 2 amide bonds. The maximum atomic E-state index is 14.0. The highest BCUT2D eigenvalue weighted by atomic mass is 32.2. The zero-order chi connectivity index (χ0) is 33.6. The normalized spacial score (nSPS) is 14.0. The minimum absolute atomic E-state index is 0.0211. The molecule has 0 radical (unpaired) electrons. The van der Waals surface area contributed by atoms with Gasteiger partial charge in [0.2, 0.25) is 0 Å². The number of carbonyl (C=O) groups excluding carboxylic acids is 2. The summed E-state index contributed by atoms with van der Waals surface area (Å²) in [5.74, 6) is 1.01. The van der Waals surface area contributed by atoms with Crippen molar-refractivity contribution in [2.75, 3.05) is 27.1 Å². The molecule has 1 N–H and O–H groups in total. The summed E-state index contributed by atoms with van der Waals surface area (Å²) in [5.41, 5.74) is 2.55. The number of amides is 2. The van der Waals surface area contributed by atoms with Gasteiger partial charge in [0.05, 0.1) is 50.3 Å². The monoisotopic (exact) mass is 686 g/mol. The number of carbonyl (C=O) groups is 2. The van der Waals surface area contributed by atoms with Crippen molar-refractivity contribution in [3.63, 3.8) is 0 Å². The first-order valence-corrected chi connectivity index (χ1v) is 16.7. The van der Waals surface area contributed by atoms with E-state index in [1.165, 1.54) is 24.3 Å². The second-order valence-electron chi connectivity index (χ2n) is 10.5. The molecule has 0 aliphatic carbocycles. The number of methoxy groups -OCH3 is 3. The Morgan fingerprint density at radius 3 is 2.52 bits per heavy atom. The molecular weight excluding hydrogens is 656 g/mol. The van der Waals surface area contributed by atoms with Crippen molar-refractivity contribution >= 4 is 40.6 Å². The Labute approximate surface area is 284 Å². The van der Waals surface area contributed by atoms with E-state index >= 15 is 0 Å². The topological polar surface area (TPSA) is 120 Å². The molecule has 3 heterocycles. The van der Waals surface area contributed by atoms with Gasteiger partial charge in [-0.1, -0.05) is 36.0 Å². The van der Waals surface area contributed by atoms with Gasteiger partial charge in [0.25, 0.3) is 11.8 Å². The lowest BCUT2D eigenvalue weighted by molar-refractivity contribution is -0.130. The summed E-state index contributed by atoms with van der Waals surface area (Å²) >= 11 is 2.72. The van der Waals surface area contributed by atoms with E-state index in [1.54, 1.807) is 72.6 Å². The molecule has 2 aromatic heterocycles. The van der Waals surface area contributed by atoms with Crippen LogP contribution in [-0.2, 0) is 11.3 Å². The number of ether oxygens (including phenoxy) is 3. The fraction of sp³-hybridized carbons (Fsp3) is 0.206. The van der Waals surface area contributed by atoms with E-state index < -0.39 is 11.9 Å². The number of nitrogens with zero attached hydrogens (tertiary/aromatic N) is 5. The Kier molecular flexibility index (Phi) is 10.0. The Morgan fingerprint density at radius 2 is 1.79 bits per heavy atom. The van der Waals surface area contributed by atoms with Gasteiger partial charge in [0.15, 0.2) is 22.5 Å². The Hall–Kier alpha value is -5.21. The van der Waals surface area contributed by atoms with E-state index in [4.69, 9.17) is 19.3 Å². The second-order valence-corrected chi connectivity index (χ2v) is 12.4. The Balaban J connectivity index is 1.26. The molecule has 1 aliphatic heterocycles. The summed E-state index contributed by atoms with van der Waals surface area (Å²) < 4.78 is 32.0. The number of aromatic nitrogens is 3. The van der Waals surface area contributed by atoms with E-state index in [-0.39, 0.29) is 24.1 Å². The van der Waals surface area contributed by atoms with Crippen LogP contribution in [0.15, 0.2) is 94.5 Å². The molecule has 0 saturated carbocycles. The van der Waals surface area contributed by atoms with Crippen LogP contribution in [-0.4, -0.2) is 64.4 Å². The van der Waals surface area contributed by atoms with Crippen molar-refractivity contribution in [3.8, 4) is 22.9 Å². The summed E-state index contributed by atoms with van der Waals surface area (Å²) in [5, 5.41) is 20.1. The van der Waals surface area contributed by atoms with Gasteiger partial charge >= 0.3 is 0 Å². The molecule has 246 valence electrons. The van der Waals surface area contributed by atoms with Gasteiger partial charge in [-0.15, -0.1) is 21.5 Å². The summed E-state index contributed by atoms with van der Waals surface area (Å²) in [6.45, 7) is 0.0211. The SMILES string of the molecule is COc1cccc(C(=O)NCc2nnc(SCC(=O)N3N=C(c4cccs4)C[C@@H]3c3cccc(OC)c3OC)n2-c2ccc(F)cc2)c1. The lowest BCUT2D eigenvalue weighted by atomic mass is 9.99. The van der Waals surface area contributed by atoms with Gasteiger partial charge < -0.3 is 19.5 Å². The minimum Gasteiger partial charge on any atom is -0.497 e. The van der Waals surface area contributed by atoms with E-state index in [1.807, 2.05) is 29.6 Å². The van der Waals surface area contributed by atoms with E-state index in [0.717, 1.165) is 27.9 Å². The lowest BCUT2D eigenvalue weighted by Crippen LogP contribution is -2.29. The zero-order valence-electron chi connectivity index (χ0n) is 26.3. The molecule has 0 fully saturated rings. The molecule has 0 unspecified atom stereocenters. The highest BCUT2D eigenvalue weighted by Crippen LogP contribution is 2.42. The quantitative estimate of drug-likeness (QED) is 0.161. The average Bonchev–Trinajstić information content (AvgIpc) is 3.90. The highest BCUT2D eigenvalue weighted by molar-refractivity contribution is 7.99. The summed E-state index contributed by atoms with van der Waals surface area (Å²) in [7, 11) is 4.66. The molecule has 11 nitrogen and oxygen atoms in total. The molecule has 0 bridgehead atoms. The van der Waals surface area contributed by atoms with Crippen LogP contribution in [0.4, 0.5) is 4.39 Å². The number of benzene rings is 3. The lowest BCUT2D eigenvalue weighted by Gasteiger charge is -2.24. The minimum atomic E-state index is -0.433. The molecule has 3 aromatic carbocycles. The van der Waals surface area contributed by atoms with Gasteiger partial charge in [0, 0.05) is 23.2 Å². The third-order valence-corrected chi connectivity index (χ3v) is 9.45. The third kappa shape index (κ3) is 6.89. The smallest absolute Gasteiger partial charge is 0.253 e. The van der Waals surface area contributed by atoms with Crippen molar-refractivity contribution in [2.45, 2.75) is 24.2 Å². The molecule has 0 saturated heterocycles. The van der Waals surface area contributed by atoms with Crippen LogP contribution in [0.3, 0.4) is 0 Å². The number of hydrogen-bond donors (Lipinski definition) is 1. The largest absolute Gasteiger partial charge is 0.497 e. The van der Waals surface area contributed by atoms with Crippen LogP contribution in [0.5, 0.6) is 17.2 Å². The van der Waals surface area contributed by atoms with E-state index in [2.05, 4.69) is 15.5 Å². The van der Waals surface area contributed by atoms with Crippen molar-refractivity contribution < 1.29 is 28.2 Å². The van der Waals surface area contributed by atoms with Crippen LogP contribution in [0.1, 0.15) is 39.1 Å². The number of halogens is 1. The first-order chi connectivity index (χ1) is 23.4. The molecule has 14 heteroatoms. The van der Waals surface area contributed by atoms with Gasteiger partial charge in [0.1, 0.15) is 11.6 Å². The molecule has 1 atom stereocenters. The number of para-hydroxylation sites is 1. The number of thioether (sulfide) groups is 1. The molecule has 1 aliphatic rings.